The van der Waals surface area contributed by atoms with Crippen LogP contribution in [0.25, 0.3) is 0 Å². The zero-order valence-electron chi connectivity index (χ0n) is 9.10. The molecule has 1 aliphatic rings. The fraction of sp³-hybridized carbons (Fsp3) is 0.364. The first-order valence-corrected chi connectivity index (χ1v) is 5.77. The third-order valence-electron chi connectivity index (χ3n) is 2.65. The van der Waals surface area contributed by atoms with E-state index >= 15 is 0 Å². The summed E-state index contributed by atoms with van der Waals surface area (Å²) in [5.74, 6) is 0.253. The van der Waals surface area contributed by atoms with Gasteiger partial charge in [-0.2, -0.15) is 0 Å². The van der Waals surface area contributed by atoms with E-state index in [1.54, 1.807) is 0 Å². The number of rotatable bonds is 3. The largest absolute Gasteiger partial charge is 0.361 e. The van der Waals surface area contributed by atoms with Crippen molar-refractivity contribution in [3.05, 3.63) is 39.6 Å². The molecule has 1 aromatic heterocycles. The van der Waals surface area contributed by atoms with Crippen molar-refractivity contribution in [1.82, 2.24) is 4.98 Å². The fourth-order valence-corrected chi connectivity index (χ4v) is 1.95. The maximum absolute atomic E-state index is 10.8. The first-order chi connectivity index (χ1) is 8.16. The summed E-state index contributed by atoms with van der Waals surface area (Å²) in [7, 11) is 0. The summed E-state index contributed by atoms with van der Waals surface area (Å²) in [6.45, 7) is 0. The molecule has 17 heavy (non-hydrogen) atoms. The van der Waals surface area contributed by atoms with Crippen LogP contribution in [0, 0.1) is 10.1 Å². The van der Waals surface area contributed by atoms with E-state index in [1.807, 2.05) is 0 Å². The van der Waals surface area contributed by atoms with E-state index in [9.17, 15) is 10.1 Å². The van der Waals surface area contributed by atoms with Crippen LogP contribution >= 0.6 is 11.6 Å². The minimum atomic E-state index is -0.454. The molecule has 1 atom stereocenters. The fourth-order valence-electron chi connectivity index (χ4n) is 1.80. The second-order valence-corrected chi connectivity index (χ2v) is 4.27. The van der Waals surface area contributed by atoms with Crippen molar-refractivity contribution in [2.45, 2.75) is 25.3 Å². The maximum atomic E-state index is 10.8. The van der Waals surface area contributed by atoms with Gasteiger partial charge in [0.05, 0.1) is 4.92 Å². The van der Waals surface area contributed by atoms with Gasteiger partial charge in [0.25, 0.3) is 0 Å². The number of hydrogen-bond acceptors (Lipinski definition) is 4. The third kappa shape index (κ3) is 2.94. The molecule has 2 rings (SSSR count). The smallest absolute Gasteiger partial charge is 0.311 e. The molecule has 1 unspecified atom stereocenters. The molecule has 0 radical (unpaired) electrons. The Bertz CT molecular complexity index is 462. The first kappa shape index (κ1) is 11.9. The lowest BCUT2D eigenvalue weighted by Gasteiger charge is -2.19. The highest BCUT2D eigenvalue weighted by Crippen LogP contribution is 2.26. The van der Waals surface area contributed by atoms with E-state index < -0.39 is 4.92 Å². The Kier molecular flexibility index (Phi) is 3.58. The van der Waals surface area contributed by atoms with E-state index in [2.05, 4.69) is 22.5 Å². The van der Waals surface area contributed by atoms with Gasteiger partial charge >= 0.3 is 5.69 Å². The van der Waals surface area contributed by atoms with Gasteiger partial charge in [0, 0.05) is 12.1 Å². The molecule has 0 fully saturated rings. The van der Waals surface area contributed by atoms with E-state index in [1.165, 1.54) is 12.1 Å². The summed E-state index contributed by atoms with van der Waals surface area (Å²) in [5.41, 5.74) is -0.0380. The summed E-state index contributed by atoms with van der Waals surface area (Å²) >= 11 is 5.75. The highest BCUT2D eigenvalue weighted by molar-refractivity contribution is 6.29. The molecule has 6 heteroatoms. The molecule has 0 aromatic carbocycles. The minimum Gasteiger partial charge on any atom is -0.361 e. The molecule has 0 bridgehead atoms. The van der Waals surface area contributed by atoms with Gasteiger partial charge in [-0.05, 0) is 25.3 Å². The molecule has 0 saturated heterocycles. The number of aromatic nitrogens is 1. The number of allylic oxidation sites excluding steroid dienone is 1. The Morgan fingerprint density at radius 1 is 1.47 bits per heavy atom. The van der Waals surface area contributed by atoms with E-state index in [0.29, 0.717) is 0 Å². The molecule has 0 spiro atoms. The Balaban J connectivity index is 2.21. The lowest BCUT2D eigenvalue weighted by Crippen LogP contribution is -2.21. The van der Waals surface area contributed by atoms with Crippen LogP contribution in [0.1, 0.15) is 19.3 Å². The Morgan fingerprint density at radius 2 is 2.29 bits per heavy atom. The van der Waals surface area contributed by atoms with Gasteiger partial charge in [0.1, 0.15) is 5.15 Å². The SMILES string of the molecule is O=[N+]([O-])c1ccc(Cl)nc1NC1CC=CCC1. The molecule has 1 heterocycles. The van der Waals surface area contributed by atoms with Crippen LogP contribution in [-0.4, -0.2) is 15.9 Å². The van der Waals surface area contributed by atoms with Gasteiger partial charge in [-0.1, -0.05) is 23.8 Å². The highest BCUT2D eigenvalue weighted by Gasteiger charge is 2.19. The van der Waals surface area contributed by atoms with Crippen LogP contribution < -0.4 is 5.32 Å². The number of nitro groups is 1. The monoisotopic (exact) mass is 253 g/mol. The molecule has 1 aliphatic carbocycles. The van der Waals surface area contributed by atoms with Crippen molar-refractivity contribution in [3.8, 4) is 0 Å². The van der Waals surface area contributed by atoms with Gasteiger partial charge in [-0.25, -0.2) is 4.98 Å². The highest BCUT2D eigenvalue weighted by atomic mass is 35.5. The number of hydrogen-bond donors (Lipinski definition) is 1. The molecule has 0 amide bonds. The Hall–Kier alpha value is -1.62. The van der Waals surface area contributed by atoms with Crippen molar-refractivity contribution in [2.75, 3.05) is 5.32 Å². The topological polar surface area (TPSA) is 68.1 Å². The van der Waals surface area contributed by atoms with Crippen LogP contribution in [0.15, 0.2) is 24.3 Å². The van der Waals surface area contributed by atoms with Gasteiger partial charge in [-0.15, -0.1) is 0 Å². The van der Waals surface area contributed by atoms with Gasteiger partial charge in [-0.3, -0.25) is 10.1 Å². The average molecular weight is 254 g/mol. The van der Waals surface area contributed by atoms with Crippen LogP contribution in [0.2, 0.25) is 5.15 Å². The maximum Gasteiger partial charge on any atom is 0.311 e. The van der Waals surface area contributed by atoms with Crippen LogP contribution in [-0.2, 0) is 0 Å². The van der Waals surface area contributed by atoms with Crippen LogP contribution in [0.3, 0.4) is 0 Å². The second kappa shape index (κ2) is 5.14. The normalized spacial score (nSPS) is 19.0. The number of anilines is 1. The quantitative estimate of drug-likeness (QED) is 0.389. The van der Waals surface area contributed by atoms with Crippen molar-refractivity contribution in [2.24, 2.45) is 0 Å². The summed E-state index contributed by atoms with van der Waals surface area (Å²) < 4.78 is 0. The van der Waals surface area contributed by atoms with Gasteiger partial charge in [0.15, 0.2) is 0 Å². The molecular weight excluding hydrogens is 242 g/mol. The van der Waals surface area contributed by atoms with Gasteiger partial charge < -0.3 is 5.32 Å². The summed E-state index contributed by atoms with van der Waals surface area (Å²) in [5, 5.41) is 14.2. The zero-order valence-corrected chi connectivity index (χ0v) is 9.85. The van der Waals surface area contributed by atoms with Crippen molar-refractivity contribution in [3.63, 3.8) is 0 Å². The molecule has 1 aromatic rings. The van der Waals surface area contributed by atoms with E-state index in [4.69, 9.17) is 11.6 Å². The minimum absolute atomic E-state index is 0.0380. The predicted molar refractivity (Wildman–Crippen MR) is 66.3 cm³/mol. The third-order valence-corrected chi connectivity index (χ3v) is 2.86. The lowest BCUT2D eigenvalue weighted by molar-refractivity contribution is -0.384. The van der Waals surface area contributed by atoms with Crippen molar-refractivity contribution < 1.29 is 4.92 Å². The second-order valence-electron chi connectivity index (χ2n) is 3.88. The molecular formula is C11H12ClN3O2. The number of pyridine rings is 1. The standard InChI is InChI=1S/C11H12ClN3O2/c12-10-7-6-9(15(16)17)11(14-10)13-8-4-2-1-3-5-8/h1-2,6-8H,3-5H2,(H,13,14). The van der Waals surface area contributed by atoms with Crippen LogP contribution in [0.4, 0.5) is 11.5 Å². The molecule has 90 valence electrons. The summed E-state index contributed by atoms with van der Waals surface area (Å²) in [6, 6.07) is 2.98. The Morgan fingerprint density at radius 3 is 2.94 bits per heavy atom. The number of nitrogens with zero attached hydrogens (tertiary/aromatic N) is 2. The summed E-state index contributed by atoms with van der Waals surface area (Å²) in [4.78, 5) is 14.4. The Labute approximate surface area is 104 Å². The lowest BCUT2D eigenvalue weighted by atomic mass is 10.0. The average Bonchev–Trinajstić information content (AvgIpc) is 2.30. The van der Waals surface area contributed by atoms with Gasteiger partial charge in [0.2, 0.25) is 5.82 Å². The van der Waals surface area contributed by atoms with Crippen LogP contribution in [0.5, 0.6) is 0 Å². The molecule has 0 saturated carbocycles. The van der Waals surface area contributed by atoms with E-state index in [-0.39, 0.29) is 22.7 Å². The number of nitrogens with one attached hydrogen (secondary N) is 1. The van der Waals surface area contributed by atoms with Crippen molar-refractivity contribution >= 4 is 23.1 Å². The molecule has 5 nitrogen and oxygen atoms in total. The number of halogens is 1. The molecule has 1 N–H and O–H groups in total. The predicted octanol–water partition coefficient (Wildman–Crippen LogP) is 3.16. The van der Waals surface area contributed by atoms with E-state index in [0.717, 1.165) is 19.3 Å². The zero-order chi connectivity index (χ0) is 12.3. The van der Waals surface area contributed by atoms with Crippen molar-refractivity contribution in [1.29, 1.82) is 0 Å². The molecule has 0 aliphatic heterocycles. The first-order valence-electron chi connectivity index (χ1n) is 5.39. The summed E-state index contributed by atoms with van der Waals surface area (Å²) in [6.07, 6.45) is 6.95.